The van der Waals surface area contributed by atoms with Crippen molar-refractivity contribution in [2.45, 2.75) is 0 Å². The molecule has 0 radical (unpaired) electrons. The lowest BCUT2D eigenvalue weighted by Gasteiger charge is -2.07. The second-order valence-electron chi connectivity index (χ2n) is 5.62. The Morgan fingerprint density at radius 1 is 1.00 bits per heavy atom. The predicted molar refractivity (Wildman–Crippen MR) is 103 cm³/mol. The normalized spacial score (nSPS) is 11.4. The van der Waals surface area contributed by atoms with Gasteiger partial charge in [-0.25, -0.2) is 4.39 Å². The highest BCUT2D eigenvalue weighted by Crippen LogP contribution is 2.29. The van der Waals surface area contributed by atoms with Gasteiger partial charge in [-0.3, -0.25) is 0 Å². The molecule has 0 bridgehead atoms. The van der Waals surface area contributed by atoms with Gasteiger partial charge >= 0.3 is 0 Å². The molecule has 2 heterocycles. The fraction of sp³-hybridized carbons (Fsp3) is 0.105. The number of rotatable bonds is 5. The molecule has 27 heavy (non-hydrogen) atoms. The molecule has 0 N–H and O–H groups in total. The maximum Gasteiger partial charge on any atom is 0.235 e. The monoisotopic (exact) mass is 382 g/mol. The van der Waals surface area contributed by atoms with E-state index in [9.17, 15) is 4.39 Å². The van der Waals surface area contributed by atoms with Crippen LogP contribution in [0.15, 0.2) is 42.5 Å². The van der Waals surface area contributed by atoms with Crippen LogP contribution in [0.2, 0.25) is 0 Å². The molecule has 6 nitrogen and oxygen atoms in total. The Bertz CT molecular complexity index is 1140. The number of ether oxygens (including phenoxy) is 2. The highest BCUT2D eigenvalue weighted by Gasteiger charge is 2.13. The average molecular weight is 382 g/mol. The summed E-state index contributed by atoms with van der Waals surface area (Å²) in [5, 5.41) is 13.5. The van der Waals surface area contributed by atoms with E-state index < -0.39 is 0 Å². The minimum atomic E-state index is -0.326. The molecule has 0 amide bonds. The number of nitrogens with zero attached hydrogens (tertiary/aromatic N) is 4. The van der Waals surface area contributed by atoms with Crippen LogP contribution in [0.25, 0.3) is 28.5 Å². The minimum absolute atomic E-state index is 0.326. The van der Waals surface area contributed by atoms with Crippen molar-refractivity contribution in [3.05, 3.63) is 58.9 Å². The van der Waals surface area contributed by atoms with Gasteiger partial charge in [0.05, 0.1) is 14.2 Å². The second kappa shape index (κ2) is 7.16. The lowest BCUT2D eigenvalue weighted by Crippen LogP contribution is -1.91. The van der Waals surface area contributed by atoms with Crippen LogP contribution in [-0.4, -0.2) is 34.0 Å². The standard InChI is InChI=1S/C19H15FN4O2S/c1-25-15-8-6-12(10-16(15)26-2)7-9-17-23-24-18(21-22-19(24)27-17)13-4-3-5-14(20)11-13/h3-11H,1-2H3. The van der Waals surface area contributed by atoms with Crippen molar-refractivity contribution < 1.29 is 13.9 Å². The number of benzene rings is 2. The molecule has 8 heteroatoms. The Hall–Kier alpha value is -3.26. The second-order valence-corrected chi connectivity index (χ2v) is 6.60. The van der Waals surface area contributed by atoms with Crippen molar-refractivity contribution in [2.24, 2.45) is 0 Å². The van der Waals surface area contributed by atoms with Crippen molar-refractivity contribution in [1.82, 2.24) is 19.8 Å². The largest absolute Gasteiger partial charge is 0.493 e. The predicted octanol–water partition coefficient (Wildman–Crippen LogP) is 4.18. The Balaban J connectivity index is 1.65. The van der Waals surface area contributed by atoms with Gasteiger partial charge in [0.15, 0.2) is 17.3 Å². The van der Waals surface area contributed by atoms with Crippen LogP contribution in [0, 0.1) is 5.82 Å². The fourth-order valence-corrected chi connectivity index (χ4v) is 3.37. The van der Waals surface area contributed by atoms with Gasteiger partial charge in [0.2, 0.25) is 4.96 Å². The Kier molecular flexibility index (Phi) is 4.55. The zero-order chi connectivity index (χ0) is 18.8. The molecule has 0 spiro atoms. The van der Waals surface area contributed by atoms with E-state index in [1.807, 2.05) is 30.4 Å². The summed E-state index contributed by atoms with van der Waals surface area (Å²) < 4.78 is 25.7. The van der Waals surface area contributed by atoms with Gasteiger partial charge in [-0.15, -0.1) is 10.2 Å². The van der Waals surface area contributed by atoms with E-state index >= 15 is 0 Å². The number of hydrogen-bond acceptors (Lipinski definition) is 6. The summed E-state index contributed by atoms with van der Waals surface area (Å²) in [5.41, 5.74) is 1.58. The molecule has 2 aromatic heterocycles. The van der Waals surface area contributed by atoms with Crippen molar-refractivity contribution in [3.63, 3.8) is 0 Å². The first-order valence-electron chi connectivity index (χ1n) is 8.06. The zero-order valence-corrected chi connectivity index (χ0v) is 15.4. The molecule has 0 saturated carbocycles. The van der Waals surface area contributed by atoms with E-state index in [0.717, 1.165) is 10.6 Å². The molecule has 4 aromatic rings. The first kappa shape index (κ1) is 17.2. The number of methoxy groups -OCH3 is 2. The average Bonchev–Trinajstić information content (AvgIpc) is 3.26. The van der Waals surface area contributed by atoms with E-state index in [1.165, 1.54) is 23.5 Å². The van der Waals surface area contributed by atoms with Gasteiger partial charge in [-0.05, 0) is 35.9 Å². The van der Waals surface area contributed by atoms with Crippen molar-refractivity contribution >= 4 is 28.4 Å². The number of halogens is 1. The van der Waals surface area contributed by atoms with E-state index in [2.05, 4.69) is 15.3 Å². The summed E-state index contributed by atoms with van der Waals surface area (Å²) in [6.07, 6.45) is 3.81. The fourth-order valence-electron chi connectivity index (χ4n) is 2.63. The molecule has 0 atom stereocenters. The Morgan fingerprint density at radius 3 is 2.63 bits per heavy atom. The Morgan fingerprint density at radius 2 is 1.85 bits per heavy atom. The first-order valence-corrected chi connectivity index (χ1v) is 8.88. The van der Waals surface area contributed by atoms with Gasteiger partial charge in [0.1, 0.15) is 10.8 Å². The van der Waals surface area contributed by atoms with E-state index in [1.54, 1.807) is 30.9 Å². The van der Waals surface area contributed by atoms with E-state index in [-0.39, 0.29) is 5.82 Å². The van der Waals surface area contributed by atoms with Crippen LogP contribution in [0.1, 0.15) is 10.6 Å². The SMILES string of the molecule is COc1ccc(C=Cc2nn3c(-c4cccc(F)c4)nnc3s2)cc1OC. The van der Waals surface area contributed by atoms with Crippen LogP contribution in [0.5, 0.6) is 11.5 Å². The summed E-state index contributed by atoms with van der Waals surface area (Å²) in [4.78, 5) is 0.640. The lowest BCUT2D eigenvalue weighted by molar-refractivity contribution is 0.355. The molecular formula is C19H15FN4O2S. The summed E-state index contributed by atoms with van der Waals surface area (Å²) in [7, 11) is 3.20. The topological polar surface area (TPSA) is 61.5 Å². The highest BCUT2D eigenvalue weighted by molar-refractivity contribution is 7.17. The van der Waals surface area contributed by atoms with Gasteiger partial charge in [-0.1, -0.05) is 35.6 Å². The van der Waals surface area contributed by atoms with Crippen LogP contribution in [0.4, 0.5) is 4.39 Å². The number of hydrogen-bond donors (Lipinski definition) is 0. The van der Waals surface area contributed by atoms with Gasteiger partial charge in [0.25, 0.3) is 0 Å². The van der Waals surface area contributed by atoms with Crippen LogP contribution in [-0.2, 0) is 0 Å². The molecular weight excluding hydrogens is 367 g/mol. The lowest BCUT2D eigenvalue weighted by atomic mass is 10.2. The molecule has 4 rings (SSSR count). The molecule has 136 valence electrons. The third-order valence-electron chi connectivity index (χ3n) is 3.92. The molecule has 2 aromatic carbocycles. The molecule has 0 unspecified atom stereocenters. The zero-order valence-electron chi connectivity index (χ0n) is 14.6. The number of aromatic nitrogens is 4. The van der Waals surface area contributed by atoms with Gasteiger partial charge < -0.3 is 9.47 Å². The molecule has 0 aliphatic carbocycles. The van der Waals surface area contributed by atoms with Crippen LogP contribution in [0.3, 0.4) is 0 Å². The third-order valence-corrected chi connectivity index (χ3v) is 4.78. The van der Waals surface area contributed by atoms with Crippen molar-refractivity contribution in [3.8, 4) is 22.9 Å². The minimum Gasteiger partial charge on any atom is -0.493 e. The summed E-state index contributed by atoms with van der Waals surface area (Å²) in [5.74, 6) is 1.51. The summed E-state index contributed by atoms with van der Waals surface area (Å²) >= 11 is 1.40. The molecule has 0 aliphatic rings. The maximum atomic E-state index is 13.5. The molecule has 0 saturated heterocycles. The van der Waals surface area contributed by atoms with Gasteiger partial charge in [0, 0.05) is 5.56 Å². The first-order chi connectivity index (χ1) is 13.2. The van der Waals surface area contributed by atoms with Gasteiger partial charge in [-0.2, -0.15) is 9.61 Å². The highest BCUT2D eigenvalue weighted by atomic mass is 32.1. The number of fused-ring (bicyclic) bond motifs is 1. The van der Waals surface area contributed by atoms with Crippen LogP contribution >= 0.6 is 11.3 Å². The Labute approximate surface area is 158 Å². The third kappa shape index (κ3) is 3.39. The van der Waals surface area contributed by atoms with Crippen molar-refractivity contribution in [2.75, 3.05) is 14.2 Å². The summed E-state index contributed by atoms with van der Waals surface area (Å²) in [6.45, 7) is 0. The van der Waals surface area contributed by atoms with E-state index in [4.69, 9.17) is 9.47 Å². The smallest absolute Gasteiger partial charge is 0.235 e. The maximum absolute atomic E-state index is 13.5. The molecule has 0 fully saturated rings. The van der Waals surface area contributed by atoms with Crippen molar-refractivity contribution in [1.29, 1.82) is 0 Å². The quantitative estimate of drug-likeness (QED) is 0.518. The van der Waals surface area contributed by atoms with E-state index in [0.29, 0.717) is 27.8 Å². The molecule has 0 aliphatic heterocycles. The summed E-state index contributed by atoms with van der Waals surface area (Å²) in [6, 6.07) is 11.9. The van der Waals surface area contributed by atoms with Crippen LogP contribution < -0.4 is 9.47 Å².